The maximum atomic E-state index is 8.99. The van der Waals surface area contributed by atoms with Crippen LogP contribution >= 0.6 is 0 Å². The molecule has 0 amide bonds. The maximum absolute atomic E-state index is 8.99. The monoisotopic (exact) mass is 372 g/mol. The van der Waals surface area contributed by atoms with Crippen molar-refractivity contribution in [2.24, 2.45) is 0 Å². The van der Waals surface area contributed by atoms with Gasteiger partial charge in [-0.3, -0.25) is 0 Å². The summed E-state index contributed by atoms with van der Waals surface area (Å²) >= 11 is 0. The van der Waals surface area contributed by atoms with Gasteiger partial charge in [0, 0.05) is 37.0 Å². The number of ether oxygens (including phenoxy) is 1. The summed E-state index contributed by atoms with van der Waals surface area (Å²) in [5.74, 6) is 2.96. The van der Waals surface area contributed by atoms with Gasteiger partial charge in [0.05, 0.1) is 12.8 Å². The van der Waals surface area contributed by atoms with Gasteiger partial charge < -0.3 is 9.64 Å². The first-order valence-electron chi connectivity index (χ1n) is 9.23. The van der Waals surface area contributed by atoms with Gasteiger partial charge in [-0.25, -0.2) is 19.9 Å². The Kier molecular flexibility index (Phi) is 5.11. The molecule has 7 heteroatoms. The largest absolute Gasteiger partial charge is 0.496 e. The molecule has 3 aromatic rings. The van der Waals surface area contributed by atoms with E-state index in [0.717, 1.165) is 54.6 Å². The number of para-hydroxylation sites is 1. The van der Waals surface area contributed by atoms with E-state index in [1.165, 1.54) is 0 Å². The molecule has 140 valence electrons. The molecule has 4 rings (SSSR count). The van der Waals surface area contributed by atoms with Gasteiger partial charge in [-0.15, -0.1) is 0 Å². The molecule has 0 bridgehead atoms. The van der Waals surface area contributed by atoms with Crippen molar-refractivity contribution < 1.29 is 4.74 Å². The highest BCUT2D eigenvalue weighted by Crippen LogP contribution is 2.31. The number of aromatic nitrogens is 4. The Morgan fingerprint density at radius 1 is 1.04 bits per heavy atom. The van der Waals surface area contributed by atoms with Crippen LogP contribution < -0.4 is 9.64 Å². The van der Waals surface area contributed by atoms with Crippen LogP contribution in [-0.4, -0.2) is 40.1 Å². The van der Waals surface area contributed by atoms with Crippen LogP contribution in [0.4, 0.5) is 5.82 Å². The highest BCUT2D eigenvalue weighted by atomic mass is 16.5. The number of nitrogens with zero attached hydrogens (tertiary/aromatic N) is 6. The van der Waals surface area contributed by atoms with Crippen LogP contribution in [0.3, 0.4) is 0 Å². The summed E-state index contributed by atoms with van der Waals surface area (Å²) in [5, 5.41) is 8.99. The molecule has 1 saturated heterocycles. The Hall–Kier alpha value is -3.53. The number of hydrogen-bond acceptors (Lipinski definition) is 7. The summed E-state index contributed by atoms with van der Waals surface area (Å²) in [7, 11) is 1.67. The van der Waals surface area contributed by atoms with E-state index in [9.17, 15) is 0 Å². The molecule has 1 aromatic carbocycles. The van der Waals surface area contributed by atoms with Crippen LogP contribution in [-0.2, 0) is 0 Å². The number of hydrogen-bond donors (Lipinski definition) is 0. The Morgan fingerprint density at radius 2 is 1.82 bits per heavy atom. The zero-order valence-corrected chi connectivity index (χ0v) is 15.6. The normalized spacial score (nSPS) is 14.5. The third-order valence-corrected chi connectivity index (χ3v) is 4.98. The lowest BCUT2D eigenvalue weighted by Crippen LogP contribution is -2.34. The summed E-state index contributed by atoms with van der Waals surface area (Å²) in [5.41, 5.74) is 1.84. The van der Waals surface area contributed by atoms with Crippen molar-refractivity contribution in [2.45, 2.75) is 18.8 Å². The minimum absolute atomic E-state index is 0.201. The molecule has 1 aliphatic heterocycles. The van der Waals surface area contributed by atoms with Crippen molar-refractivity contribution in [2.75, 3.05) is 25.1 Å². The van der Waals surface area contributed by atoms with E-state index < -0.39 is 0 Å². The molecule has 0 atom stereocenters. The van der Waals surface area contributed by atoms with E-state index in [1.807, 2.05) is 48.7 Å². The lowest BCUT2D eigenvalue weighted by molar-refractivity contribution is 0.416. The Balaban J connectivity index is 1.50. The average Bonchev–Trinajstić information content (AvgIpc) is 2.79. The first-order chi connectivity index (χ1) is 13.8. The summed E-state index contributed by atoms with van der Waals surface area (Å²) in [6.45, 7) is 1.68. The van der Waals surface area contributed by atoms with Gasteiger partial charge in [0.15, 0.2) is 0 Å². The van der Waals surface area contributed by atoms with Crippen LogP contribution in [0, 0.1) is 11.3 Å². The van der Waals surface area contributed by atoms with Crippen LogP contribution in [0.2, 0.25) is 0 Å². The van der Waals surface area contributed by atoms with Gasteiger partial charge >= 0.3 is 0 Å². The topological polar surface area (TPSA) is 87.8 Å². The summed E-state index contributed by atoms with van der Waals surface area (Å²) in [4.78, 5) is 19.8. The first kappa shape index (κ1) is 17.9. The summed E-state index contributed by atoms with van der Waals surface area (Å²) in [6.07, 6.45) is 5.31. The van der Waals surface area contributed by atoms with Crippen LogP contribution in [0.1, 0.15) is 30.4 Å². The van der Waals surface area contributed by atoms with Crippen molar-refractivity contribution in [1.82, 2.24) is 19.9 Å². The number of piperidine rings is 1. The highest BCUT2D eigenvalue weighted by Gasteiger charge is 2.24. The van der Waals surface area contributed by atoms with Gasteiger partial charge in [0.1, 0.15) is 23.5 Å². The average molecular weight is 372 g/mol. The lowest BCUT2D eigenvalue weighted by Gasteiger charge is -2.32. The number of rotatable bonds is 4. The predicted molar refractivity (Wildman–Crippen MR) is 105 cm³/mol. The fraction of sp³-hybridized carbons (Fsp3) is 0.286. The number of methoxy groups -OCH3 is 1. The van der Waals surface area contributed by atoms with Gasteiger partial charge in [-0.05, 0) is 37.1 Å². The number of nitriles is 1. The second-order valence-corrected chi connectivity index (χ2v) is 6.61. The molecule has 0 radical (unpaired) electrons. The Bertz CT molecular complexity index is 1010. The van der Waals surface area contributed by atoms with Crippen LogP contribution in [0.25, 0.3) is 11.3 Å². The fourth-order valence-corrected chi connectivity index (χ4v) is 3.52. The molecule has 0 N–H and O–H groups in total. The molecule has 0 unspecified atom stereocenters. The van der Waals surface area contributed by atoms with Gasteiger partial charge in [-0.1, -0.05) is 12.1 Å². The molecule has 0 spiro atoms. The molecule has 1 aliphatic rings. The molecule has 28 heavy (non-hydrogen) atoms. The molecule has 1 fully saturated rings. The molecule has 7 nitrogen and oxygen atoms in total. The SMILES string of the molecule is COc1ccccc1-c1ccnc(C2CCN(c3ccnc(C#N)n3)CC2)n1. The smallest absolute Gasteiger partial charge is 0.234 e. The quantitative estimate of drug-likeness (QED) is 0.695. The molecule has 0 aliphatic carbocycles. The van der Waals surface area contributed by atoms with Crippen molar-refractivity contribution in [3.05, 3.63) is 60.4 Å². The van der Waals surface area contributed by atoms with E-state index in [-0.39, 0.29) is 5.82 Å². The van der Waals surface area contributed by atoms with Crippen LogP contribution in [0.15, 0.2) is 48.8 Å². The molecule has 0 saturated carbocycles. The van der Waals surface area contributed by atoms with E-state index in [0.29, 0.717) is 5.92 Å². The van der Waals surface area contributed by atoms with Gasteiger partial charge in [0.2, 0.25) is 5.82 Å². The minimum atomic E-state index is 0.201. The second-order valence-electron chi connectivity index (χ2n) is 6.61. The minimum Gasteiger partial charge on any atom is -0.496 e. The van der Waals surface area contributed by atoms with E-state index in [4.69, 9.17) is 15.0 Å². The maximum Gasteiger partial charge on any atom is 0.234 e. The highest BCUT2D eigenvalue weighted by molar-refractivity contribution is 5.66. The zero-order chi connectivity index (χ0) is 19.3. The van der Waals surface area contributed by atoms with E-state index in [2.05, 4.69) is 19.9 Å². The van der Waals surface area contributed by atoms with E-state index >= 15 is 0 Å². The first-order valence-corrected chi connectivity index (χ1v) is 9.23. The van der Waals surface area contributed by atoms with Crippen molar-refractivity contribution in [3.8, 4) is 23.1 Å². The van der Waals surface area contributed by atoms with Gasteiger partial charge in [-0.2, -0.15) is 5.26 Å². The standard InChI is InChI=1S/C21H20N6O/c1-28-18-5-3-2-4-16(18)17-6-10-24-21(25-17)15-8-12-27(13-9-15)20-7-11-23-19(14-22)26-20/h2-7,10-11,15H,8-9,12-13H2,1H3. The van der Waals surface area contributed by atoms with Crippen molar-refractivity contribution in [3.63, 3.8) is 0 Å². The van der Waals surface area contributed by atoms with Gasteiger partial charge in [0.25, 0.3) is 0 Å². The Morgan fingerprint density at radius 3 is 2.61 bits per heavy atom. The fourth-order valence-electron chi connectivity index (χ4n) is 3.52. The number of benzene rings is 1. The van der Waals surface area contributed by atoms with Crippen molar-refractivity contribution >= 4 is 5.82 Å². The van der Waals surface area contributed by atoms with E-state index in [1.54, 1.807) is 13.3 Å². The lowest BCUT2D eigenvalue weighted by atomic mass is 9.95. The van der Waals surface area contributed by atoms with Crippen molar-refractivity contribution in [1.29, 1.82) is 5.26 Å². The Labute approximate surface area is 163 Å². The second kappa shape index (κ2) is 8.01. The molecule has 2 aromatic heterocycles. The molecular weight excluding hydrogens is 352 g/mol. The number of anilines is 1. The summed E-state index contributed by atoms with van der Waals surface area (Å²) in [6, 6.07) is 13.6. The molecule has 3 heterocycles. The third kappa shape index (κ3) is 3.62. The third-order valence-electron chi connectivity index (χ3n) is 4.98. The predicted octanol–water partition coefficient (Wildman–Crippen LogP) is 3.20. The zero-order valence-electron chi connectivity index (χ0n) is 15.6. The summed E-state index contributed by atoms with van der Waals surface area (Å²) < 4.78 is 5.46. The van der Waals surface area contributed by atoms with Crippen LogP contribution in [0.5, 0.6) is 5.75 Å². The molecular formula is C21H20N6O.